The average molecular weight is 297 g/mol. The van der Waals surface area contributed by atoms with Crippen molar-refractivity contribution in [1.82, 2.24) is 0 Å². The number of halogens is 2. The molecule has 84 valence electrons. The summed E-state index contributed by atoms with van der Waals surface area (Å²) in [5.41, 5.74) is 2.83. The Bertz CT molecular complexity index is 239. The zero-order valence-corrected chi connectivity index (χ0v) is 13.6. The Morgan fingerprint density at radius 2 is 1.87 bits per heavy atom. The Balaban J connectivity index is 0. The van der Waals surface area contributed by atoms with Crippen molar-refractivity contribution in [1.29, 1.82) is 0 Å². The first-order valence-corrected chi connectivity index (χ1v) is 8.13. The molecular formula is C11H18Cl2SiTi. The van der Waals surface area contributed by atoms with E-state index in [4.69, 9.17) is 0 Å². The van der Waals surface area contributed by atoms with Crippen LogP contribution in [-0.2, 0) is 21.7 Å². The molecule has 2 atom stereocenters. The molecule has 0 aromatic heterocycles. The molecule has 2 aliphatic carbocycles. The van der Waals surface area contributed by atoms with E-state index in [0.717, 1.165) is 11.5 Å². The summed E-state index contributed by atoms with van der Waals surface area (Å²) in [6, 6.07) is 0. The smallest absolute Gasteiger partial charge is 1.00 e. The predicted octanol–water partition coefficient (Wildman–Crippen LogP) is -2.85. The first-order chi connectivity index (χ1) is 5.79. The van der Waals surface area contributed by atoms with Gasteiger partial charge in [-0.15, -0.1) is 0 Å². The van der Waals surface area contributed by atoms with Gasteiger partial charge in [0.05, 0.1) is 0 Å². The van der Waals surface area contributed by atoms with Crippen molar-refractivity contribution < 1.29 is 46.5 Å². The summed E-state index contributed by atoms with van der Waals surface area (Å²) in [5.74, 6) is 0.940. The van der Waals surface area contributed by atoms with Gasteiger partial charge in [0.2, 0.25) is 0 Å². The molecule has 1 fully saturated rings. The second-order valence-electron chi connectivity index (χ2n) is 4.46. The minimum Gasteiger partial charge on any atom is -1.00 e. The van der Waals surface area contributed by atoms with Crippen LogP contribution in [-0.4, -0.2) is 8.80 Å². The molecule has 0 nitrogen and oxygen atoms in total. The third-order valence-electron chi connectivity index (χ3n) is 3.38. The van der Waals surface area contributed by atoms with E-state index in [0.29, 0.717) is 0 Å². The molecule has 2 aliphatic rings. The van der Waals surface area contributed by atoms with Gasteiger partial charge in [0.15, 0.2) is 0 Å². The summed E-state index contributed by atoms with van der Waals surface area (Å²) in [5, 5.41) is 0. The van der Waals surface area contributed by atoms with E-state index in [9.17, 15) is 0 Å². The molecule has 2 rings (SSSR count). The van der Waals surface area contributed by atoms with E-state index in [1.165, 1.54) is 19.3 Å². The van der Waals surface area contributed by atoms with Crippen molar-refractivity contribution in [3.63, 3.8) is 0 Å². The molecule has 15 heavy (non-hydrogen) atoms. The van der Waals surface area contributed by atoms with E-state index in [1.807, 2.05) is 0 Å². The van der Waals surface area contributed by atoms with Crippen LogP contribution in [0, 0.1) is 5.92 Å². The summed E-state index contributed by atoms with van der Waals surface area (Å²) in [6.45, 7) is 4.98. The maximum Gasteiger partial charge on any atom is 2.00 e. The molecule has 4 heteroatoms. The van der Waals surface area contributed by atoms with E-state index in [2.05, 4.69) is 31.3 Å². The normalized spacial score (nSPS) is 27.0. The SMILES string of the molecule is C[SiH](C)C1CCC2CC=CC=C21.[Cl-].[Cl-].[Ti+2]. The second-order valence-corrected chi connectivity index (χ2v) is 7.75. The molecule has 0 aliphatic heterocycles. The topological polar surface area (TPSA) is 0 Å². The Hall–Kier alpha value is 0.991. The molecule has 0 spiro atoms. The minimum absolute atomic E-state index is 0. The van der Waals surface area contributed by atoms with Crippen LogP contribution in [0.5, 0.6) is 0 Å². The maximum atomic E-state index is 2.49. The molecule has 0 aromatic rings. The standard InChI is InChI=1S/C11H18Si.2ClH.Ti/c1-12(2)11-8-7-9-5-3-4-6-10(9)11;;;/h3-4,6,9,11-12H,5,7-8H2,1-2H3;2*1H;/q;;;+2/p-2. The van der Waals surface area contributed by atoms with Crippen LogP contribution in [0.2, 0.25) is 18.6 Å². The van der Waals surface area contributed by atoms with Crippen LogP contribution in [0.4, 0.5) is 0 Å². The Kier molecular flexibility index (Phi) is 9.96. The second kappa shape index (κ2) is 8.14. The van der Waals surface area contributed by atoms with Crippen LogP contribution in [0.25, 0.3) is 0 Å². The molecule has 0 N–H and O–H groups in total. The molecule has 0 heterocycles. The Labute approximate surface area is 122 Å². The summed E-state index contributed by atoms with van der Waals surface area (Å²) in [6.07, 6.45) is 11.3. The zero-order valence-electron chi connectivity index (χ0n) is 9.34. The van der Waals surface area contributed by atoms with Crippen LogP contribution in [0.3, 0.4) is 0 Å². The van der Waals surface area contributed by atoms with Crippen molar-refractivity contribution in [2.24, 2.45) is 5.92 Å². The molecule has 0 amide bonds. The largest absolute Gasteiger partial charge is 2.00 e. The molecular weight excluding hydrogens is 279 g/mol. The number of hydrogen-bond acceptors (Lipinski definition) is 0. The minimum atomic E-state index is -0.419. The first kappa shape index (κ1) is 18.4. The third kappa shape index (κ3) is 4.05. The molecule has 0 saturated heterocycles. The fourth-order valence-electron chi connectivity index (χ4n) is 2.67. The van der Waals surface area contributed by atoms with E-state index >= 15 is 0 Å². The van der Waals surface area contributed by atoms with Gasteiger partial charge in [0.1, 0.15) is 0 Å². The molecule has 0 radical (unpaired) electrons. The van der Waals surface area contributed by atoms with E-state index in [-0.39, 0.29) is 46.5 Å². The zero-order chi connectivity index (χ0) is 8.55. The van der Waals surface area contributed by atoms with Gasteiger partial charge in [-0.25, -0.2) is 0 Å². The molecule has 0 bridgehead atoms. The number of fused-ring (bicyclic) bond motifs is 1. The molecule has 2 unspecified atom stereocenters. The third-order valence-corrected chi connectivity index (χ3v) is 5.70. The Morgan fingerprint density at radius 3 is 2.47 bits per heavy atom. The van der Waals surface area contributed by atoms with Crippen molar-refractivity contribution in [2.45, 2.75) is 37.9 Å². The van der Waals surface area contributed by atoms with Gasteiger partial charge in [0, 0.05) is 8.80 Å². The summed E-state index contributed by atoms with van der Waals surface area (Å²) < 4.78 is 0. The van der Waals surface area contributed by atoms with Crippen LogP contribution in [0.1, 0.15) is 19.3 Å². The Morgan fingerprint density at radius 1 is 1.20 bits per heavy atom. The fraction of sp³-hybridized carbons (Fsp3) is 0.636. The summed E-state index contributed by atoms with van der Waals surface area (Å²) >= 11 is 0. The monoisotopic (exact) mass is 296 g/mol. The van der Waals surface area contributed by atoms with Crippen molar-refractivity contribution in [2.75, 3.05) is 0 Å². The fourth-order valence-corrected chi connectivity index (χ4v) is 4.68. The first-order valence-electron chi connectivity index (χ1n) is 5.15. The molecule has 1 saturated carbocycles. The van der Waals surface area contributed by atoms with Gasteiger partial charge in [-0.05, 0) is 30.7 Å². The molecule has 0 aromatic carbocycles. The van der Waals surface area contributed by atoms with Gasteiger partial charge in [-0.3, -0.25) is 0 Å². The number of allylic oxidation sites excluding steroid dienone is 4. The van der Waals surface area contributed by atoms with Gasteiger partial charge in [-0.2, -0.15) is 0 Å². The van der Waals surface area contributed by atoms with E-state index < -0.39 is 8.80 Å². The summed E-state index contributed by atoms with van der Waals surface area (Å²) in [7, 11) is -0.419. The quantitative estimate of drug-likeness (QED) is 0.457. The average Bonchev–Trinajstić information content (AvgIpc) is 2.47. The van der Waals surface area contributed by atoms with E-state index in [1.54, 1.807) is 5.57 Å². The summed E-state index contributed by atoms with van der Waals surface area (Å²) in [4.78, 5) is 0. The van der Waals surface area contributed by atoms with Crippen molar-refractivity contribution in [3.05, 3.63) is 23.8 Å². The van der Waals surface area contributed by atoms with Gasteiger partial charge in [-0.1, -0.05) is 36.9 Å². The van der Waals surface area contributed by atoms with Crippen LogP contribution in [0.15, 0.2) is 23.8 Å². The van der Waals surface area contributed by atoms with Crippen LogP contribution >= 0.6 is 0 Å². The number of hydrogen-bond donors (Lipinski definition) is 0. The van der Waals surface area contributed by atoms with Gasteiger partial charge < -0.3 is 24.8 Å². The maximum absolute atomic E-state index is 2.49. The van der Waals surface area contributed by atoms with Gasteiger partial charge >= 0.3 is 21.7 Å². The van der Waals surface area contributed by atoms with Crippen LogP contribution < -0.4 is 24.8 Å². The predicted molar refractivity (Wildman–Crippen MR) is 57.2 cm³/mol. The van der Waals surface area contributed by atoms with Crippen molar-refractivity contribution in [3.8, 4) is 0 Å². The van der Waals surface area contributed by atoms with Gasteiger partial charge in [0.25, 0.3) is 0 Å². The number of rotatable bonds is 1. The van der Waals surface area contributed by atoms with Crippen molar-refractivity contribution >= 4 is 8.80 Å².